The van der Waals surface area contributed by atoms with Crippen LogP contribution in [0.25, 0.3) is 0 Å². The molecule has 2 aromatic rings. The highest BCUT2D eigenvalue weighted by Crippen LogP contribution is 2.19. The van der Waals surface area contributed by atoms with Crippen LogP contribution in [0.2, 0.25) is 5.02 Å². The summed E-state index contributed by atoms with van der Waals surface area (Å²) in [5, 5.41) is 6.37. The predicted molar refractivity (Wildman–Crippen MR) is 97.1 cm³/mol. The average molecular weight is 331 g/mol. The fourth-order valence-electron chi connectivity index (χ4n) is 2.32. The molecule has 0 fully saturated rings. The van der Waals surface area contributed by atoms with Crippen molar-refractivity contribution in [3.63, 3.8) is 0 Å². The first-order chi connectivity index (χ1) is 11.1. The maximum absolute atomic E-state index is 12.0. The van der Waals surface area contributed by atoms with Crippen LogP contribution in [0.4, 0.5) is 10.5 Å². The largest absolute Gasteiger partial charge is 0.334 e. The number of amides is 2. The van der Waals surface area contributed by atoms with Gasteiger partial charge in [0.2, 0.25) is 0 Å². The van der Waals surface area contributed by atoms with Crippen LogP contribution in [0, 0.1) is 6.92 Å². The number of urea groups is 1. The lowest BCUT2D eigenvalue weighted by Crippen LogP contribution is -2.28. The van der Waals surface area contributed by atoms with Gasteiger partial charge in [0.05, 0.1) is 0 Å². The van der Waals surface area contributed by atoms with E-state index in [0.717, 1.165) is 23.2 Å². The topological polar surface area (TPSA) is 41.1 Å². The lowest BCUT2D eigenvalue weighted by Gasteiger charge is -2.10. The quantitative estimate of drug-likeness (QED) is 0.740. The highest BCUT2D eigenvalue weighted by molar-refractivity contribution is 6.30. The lowest BCUT2D eigenvalue weighted by atomic mass is 10.1. The molecule has 2 aromatic carbocycles. The van der Waals surface area contributed by atoms with Crippen LogP contribution < -0.4 is 10.6 Å². The normalized spacial score (nSPS) is 10.4. The standard InChI is InChI=1S/C19H23ClN2O/c1-3-4-5-15-6-8-16(9-7-15)13-21-19(23)22-18-11-10-17(20)12-14(18)2/h6-12H,3-5,13H2,1-2H3,(H2,21,22,23). The molecule has 0 radical (unpaired) electrons. The summed E-state index contributed by atoms with van der Waals surface area (Å²) in [6.45, 7) is 4.61. The van der Waals surface area contributed by atoms with E-state index in [9.17, 15) is 4.79 Å². The Balaban J connectivity index is 1.84. The Kier molecular flexibility index (Phi) is 6.48. The summed E-state index contributed by atoms with van der Waals surface area (Å²) in [4.78, 5) is 12.0. The minimum Gasteiger partial charge on any atom is -0.334 e. The van der Waals surface area contributed by atoms with Gasteiger partial charge in [0, 0.05) is 17.3 Å². The molecule has 0 spiro atoms. The van der Waals surface area contributed by atoms with Gasteiger partial charge in [-0.25, -0.2) is 4.79 Å². The Morgan fingerprint density at radius 1 is 1.09 bits per heavy atom. The number of anilines is 1. The fourth-order valence-corrected chi connectivity index (χ4v) is 2.55. The third-order valence-electron chi connectivity index (χ3n) is 3.73. The summed E-state index contributed by atoms with van der Waals surface area (Å²) in [6.07, 6.45) is 3.52. The maximum atomic E-state index is 12.0. The smallest absolute Gasteiger partial charge is 0.319 e. The number of benzene rings is 2. The summed E-state index contributed by atoms with van der Waals surface area (Å²) in [5.41, 5.74) is 4.14. The van der Waals surface area contributed by atoms with Crippen molar-refractivity contribution in [2.75, 3.05) is 5.32 Å². The molecule has 0 aliphatic carbocycles. The Labute approximate surface area is 143 Å². The number of hydrogen-bond acceptors (Lipinski definition) is 1. The number of aryl methyl sites for hydroxylation is 2. The molecular formula is C19H23ClN2O. The number of nitrogens with one attached hydrogen (secondary N) is 2. The molecule has 0 aromatic heterocycles. The van der Waals surface area contributed by atoms with Gasteiger partial charge in [0.1, 0.15) is 0 Å². The maximum Gasteiger partial charge on any atom is 0.319 e. The Morgan fingerprint density at radius 3 is 2.43 bits per heavy atom. The van der Waals surface area contributed by atoms with Gasteiger partial charge in [0.25, 0.3) is 0 Å². The van der Waals surface area contributed by atoms with E-state index in [2.05, 4.69) is 41.8 Å². The van der Waals surface area contributed by atoms with Crippen molar-refractivity contribution in [2.24, 2.45) is 0 Å². The highest BCUT2D eigenvalue weighted by atomic mass is 35.5. The number of carbonyl (C=O) groups is 1. The average Bonchev–Trinajstić information content (AvgIpc) is 2.54. The molecule has 2 rings (SSSR count). The van der Waals surface area contributed by atoms with Gasteiger partial charge in [-0.05, 0) is 54.7 Å². The van der Waals surface area contributed by atoms with E-state index in [4.69, 9.17) is 11.6 Å². The summed E-state index contributed by atoms with van der Waals surface area (Å²) < 4.78 is 0. The van der Waals surface area contributed by atoms with Crippen LogP contribution in [-0.4, -0.2) is 6.03 Å². The molecule has 122 valence electrons. The highest BCUT2D eigenvalue weighted by Gasteiger charge is 2.05. The number of hydrogen-bond donors (Lipinski definition) is 2. The van der Waals surface area contributed by atoms with E-state index in [0.29, 0.717) is 11.6 Å². The number of rotatable bonds is 6. The second kappa shape index (κ2) is 8.59. The molecule has 4 heteroatoms. The first-order valence-electron chi connectivity index (χ1n) is 7.97. The number of halogens is 1. The second-order valence-electron chi connectivity index (χ2n) is 5.69. The molecule has 0 heterocycles. The molecule has 0 saturated heterocycles. The van der Waals surface area contributed by atoms with Crippen molar-refractivity contribution in [2.45, 2.75) is 39.7 Å². The zero-order chi connectivity index (χ0) is 16.7. The molecule has 23 heavy (non-hydrogen) atoms. The van der Waals surface area contributed by atoms with Crippen LogP contribution in [-0.2, 0) is 13.0 Å². The van der Waals surface area contributed by atoms with E-state index < -0.39 is 0 Å². The summed E-state index contributed by atoms with van der Waals surface area (Å²) in [7, 11) is 0. The zero-order valence-corrected chi connectivity index (χ0v) is 14.4. The van der Waals surface area contributed by atoms with Gasteiger partial charge >= 0.3 is 6.03 Å². The summed E-state index contributed by atoms with van der Waals surface area (Å²) in [5.74, 6) is 0. The molecule has 0 saturated carbocycles. The molecular weight excluding hydrogens is 308 g/mol. The summed E-state index contributed by atoms with van der Waals surface area (Å²) in [6, 6.07) is 13.6. The van der Waals surface area contributed by atoms with E-state index >= 15 is 0 Å². The van der Waals surface area contributed by atoms with Crippen LogP contribution >= 0.6 is 11.6 Å². The Hall–Kier alpha value is -2.00. The predicted octanol–water partition coefficient (Wildman–Crippen LogP) is 5.31. The van der Waals surface area contributed by atoms with Crippen LogP contribution in [0.15, 0.2) is 42.5 Å². The minimum absolute atomic E-state index is 0.217. The van der Waals surface area contributed by atoms with Crippen molar-refractivity contribution >= 4 is 23.3 Å². The van der Waals surface area contributed by atoms with Crippen molar-refractivity contribution in [3.05, 3.63) is 64.2 Å². The van der Waals surface area contributed by atoms with Gasteiger partial charge in [-0.2, -0.15) is 0 Å². The van der Waals surface area contributed by atoms with Crippen molar-refractivity contribution in [1.82, 2.24) is 5.32 Å². The monoisotopic (exact) mass is 330 g/mol. The van der Waals surface area contributed by atoms with Crippen molar-refractivity contribution in [3.8, 4) is 0 Å². The Bertz CT molecular complexity index is 653. The van der Waals surface area contributed by atoms with E-state index in [1.54, 1.807) is 12.1 Å². The molecule has 0 aliphatic rings. The molecule has 2 amide bonds. The zero-order valence-electron chi connectivity index (χ0n) is 13.7. The lowest BCUT2D eigenvalue weighted by molar-refractivity contribution is 0.251. The molecule has 3 nitrogen and oxygen atoms in total. The molecule has 0 bridgehead atoms. The van der Waals surface area contributed by atoms with Gasteiger partial charge in [-0.15, -0.1) is 0 Å². The first-order valence-corrected chi connectivity index (χ1v) is 8.35. The van der Waals surface area contributed by atoms with Gasteiger partial charge in [-0.1, -0.05) is 49.2 Å². The Morgan fingerprint density at radius 2 is 1.78 bits per heavy atom. The van der Waals surface area contributed by atoms with Crippen LogP contribution in [0.5, 0.6) is 0 Å². The molecule has 0 atom stereocenters. The van der Waals surface area contributed by atoms with E-state index in [-0.39, 0.29) is 6.03 Å². The minimum atomic E-state index is -0.217. The van der Waals surface area contributed by atoms with E-state index in [1.165, 1.54) is 18.4 Å². The van der Waals surface area contributed by atoms with E-state index in [1.807, 2.05) is 13.0 Å². The first kappa shape index (κ1) is 17.4. The van der Waals surface area contributed by atoms with Crippen LogP contribution in [0.3, 0.4) is 0 Å². The van der Waals surface area contributed by atoms with Gasteiger partial charge in [-0.3, -0.25) is 0 Å². The number of unbranched alkanes of at least 4 members (excludes halogenated alkanes) is 1. The molecule has 0 unspecified atom stereocenters. The third-order valence-corrected chi connectivity index (χ3v) is 3.97. The van der Waals surface area contributed by atoms with Crippen LogP contribution in [0.1, 0.15) is 36.5 Å². The molecule has 2 N–H and O–H groups in total. The third kappa shape index (κ3) is 5.61. The van der Waals surface area contributed by atoms with Crippen molar-refractivity contribution < 1.29 is 4.79 Å². The molecule has 0 aliphatic heterocycles. The SMILES string of the molecule is CCCCc1ccc(CNC(=O)Nc2ccc(Cl)cc2C)cc1. The number of carbonyl (C=O) groups excluding carboxylic acids is 1. The second-order valence-corrected chi connectivity index (χ2v) is 6.12. The fraction of sp³-hybridized carbons (Fsp3) is 0.316. The van der Waals surface area contributed by atoms with Crippen molar-refractivity contribution in [1.29, 1.82) is 0 Å². The van der Waals surface area contributed by atoms with Gasteiger partial charge < -0.3 is 10.6 Å². The van der Waals surface area contributed by atoms with Gasteiger partial charge in [0.15, 0.2) is 0 Å². The summed E-state index contributed by atoms with van der Waals surface area (Å²) >= 11 is 5.91.